The fourth-order valence-corrected chi connectivity index (χ4v) is 5.40. The molecule has 1 aliphatic rings. The van der Waals surface area contributed by atoms with Gasteiger partial charge in [0.2, 0.25) is 5.95 Å². The van der Waals surface area contributed by atoms with Crippen LogP contribution in [0.3, 0.4) is 0 Å². The molecule has 4 heterocycles. The molecule has 0 amide bonds. The van der Waals surface area contributed by atoms with Crippen molar-refractivity contribution in [2.75, 3.05) is 18.5 Å². The van der Waals surface area contributed by atoms with Gasteiger partial charge >= 0.3 is 0 Å². The Balaban J connectivity index is 1.47. The molecule has 6 rings (SSSR count). The zero-order chi connectivity index (χ0) is 27.6. The number of aryl methyl sites for hydroxylation is 2. The predicted molar refractivity (Wildman–Crippen MR) is 158 cm³/mol. The normalized spacial score (nSPS) is 14.0. The summed E-state index contributed by atoms with van der Waals surface area (Å²) in [6, 6.07) is 15.7. The molecule has 0 aliphatic carbocycles. The highest BCUT2D eigenvalue weighted by molar-refractivity contribution is 6.33. The van der Waals surface area contributed by atoms with Gasteiger partial charge in [-0.25, -0.2) is 4.98 Å². The molecule has 8 nitrogen and oxygen atoms in total. The molecule has 0 saturated carbocycles. The first kappa shape index (κ1) is 26.1. The van der Waals surface area contributed by atoms with Crippen molar-refractivity contribution in [1.29, 1.82) is 0 Å². The number of benzene rings is 2. The molecule has 0 radical (unpaired) electrons. The first-order chi connectivity index (χ1) is 19.5. The van der Waals surface area contributed by atoms with Gasteiger partial charge in [0, 0.05) is 64.9 Å². The largest absolute Gasteiger partial charge is 0.381 e. The van der Waals surface area contributed by atoms with E-state index in [0.29, 0.717) is 47.5 Å². The van der Waals surface area contributed by atoms with Gasteiger partial charge in [0.05, 0.1) is 17.9 Å². The molecule has 5 aromatic rings. The van der Waals surface area contributed by atoms with Crippen LogP contribution in [0.15, 0.2) is 71.9 Å². The van der Waals surface area contributed by atoms with Crippen molar-refractivity contribution in [3.05, 3.63) is 99.3 Å². The topological polar surface area (TPSA) is 94.8 Å². The van der Waals surface area contributed by atoms with E-state index in [1.54, 1.807) is 23.2 Å². The zero-order valence-electron chi connectivity index (χ0n) is 22.4. The summed E-state index contributed by atoms with van der Waals surface area (Å²) >= 11 is 6.81. The zero-order valence-corrected chi connectivity index (χ0v) is 23.2. The lowest BCUT2D eigenvalue weighted by Gasteiger charge is -2.23. The van der Waals surface area contributed by atoms with E-state index < -0.39 is 0 Å². The van der Waals surface area contributed by atoms with E-state index >= 15 is 0 Å². The maximum Gasteiger partial charge on any atom is 0.260 e. The van der Waals surface area contributed by atoms with E-state index in [4.69, 9.17) is 21.3 Å². The highest BCUT2D eigenvalue weighted by atomic mass is 35.5. The third kappa shape index (κ3) is 5.20. The summed E-state index contributed by atoms with van der Waals surface area (Å²) in [5.74, 6) is 0.506. The van der Waals surface area contributed by atoms with Crippen molar-refractivity contribution >= 4 is 28.6 Å². The maximum atomic E-state index is 14.1. The first-order valence-corrected chi connectivity index (χ1v) is 13.7. The molecule has 0 bridgehead atoms. The number of ether oxygens (including phenoxy) is 1. The Bertz CT molecular complexity index is 1760. The van der Waals surface area contributed by atoms with Gasteiger partial charge in [-0.2, -0.15) is 4.98 Å². The number of nitrogens with zero attached hydrogens (tertiary/aromatic N) is 5. The van der Waals surface area contributed by atoms with Crippen molar-refractivity contribution in [3.63, 3.8) is 0 Å². The average molecular weight is 553 g/mol. The molecule has 3 aromatic heterocycles. The summed E-state index contributed by atoms with van der Waals surface area (Å²) < 4.78 is 7.20. The number of anilines is 1. The molecule has 40 heavy (non-hydrogen) atoms. The van der Waals surface area contributed by atoms with E-state index in [-0.39, 0.29) is 11.6 Å². The van der Waals surface area contributed by atoms with E-state index in [9.17, 15) is 4.79 Å². The van der Waals surface area contributed by atoms with Crippen LogP contribution in [-0.2, 0) is 11.3 Å². The van der Waals surface area contributed by atoms with Crippen LogP contribution in [0.4, 0.5) is 5.95 Å². The molecule has 1 saturated heterocycles. The van der Waals surface area contributed by atoms with Gasteiger partial charge in [-0.1, -0.05) is 48.0 Å². The van der Waals surface area contributed by atoms with Gasteiger partial charge < -0.3 is 10.1 Å². The van der Waals surface area contributed by atoms with E-state index in [1.807, 2.05) is 62.4 Å². The second-order valence-electron chi connectivity index (χ2n) is 10.1. The second kappa shape index (κ2) is 11.2. The van der Waals surface area contributed by atoms with Gasteiger partial charge in [0.15, 0.2) is 0 Å². The van der Waals surface area contributed by atoms with Crippen molar-refractivity contribution < 1.29 is 4.74 Å². The number of nitrogens with one attached hydrogen (secondary N) is 1. The molecule has 1 aliphatic heterocycles. The molecule has 202 valence electrons. The SMILES string of the molecule is Cc1ccccc1Cn1c(=O)c(-c2ccc(-c3nccnc3C)cc2Cl)cc2cnc(NC3CCOCC3)nc21. The summed E-state index contributed by atoms with van der Waals surface area (Å²) in [7, 11) is 0. The quantitative estimate of drug-likeness (QED) is 0.283. The fraction of sp³-hybridized carbons (Fsp3) is 0.258. The van der Waals surface area contributed by atoms with Gasteiger partial charge in [0.1, 0.15) is 5.65 Å². The van der Waals surface area contributed by atoms with Crippen LogP contribution in [0.1, 0.15) is 29.7 Å². The van der Waals surface area contributed by atoms with Crippen LogP contribution < -0.4 is 10.9 Å². The number of pyridine rings is 1. The van der Waals surface area contributed by atoms with Crippen LogP contribution in [0.2, 0.25) is 5.02 Å². The Kier molecular flexibility index (Phi) is 7.28. The summed E-state index contributed by atoms with van der Waals surface area (Å²) in [5.41, 5.74) is 6.08. The van der Waals surface area contributed by atoms with E-state index in [2.05, 4.69) is 20.3 Å². The minimum absolute atomic E-state index is 0.170. The Morgan fingerprint density at radius 3 is 2.58 bits per heavy atom. The number of halogens is 1. The predicted octanol–water partition coefficient (Wildman–Crippen LogP) is 5.82. The first-order valence-electron chi connectivity index (χ1n) is 13.3. The smallest absolute Gasteiger partial charge is 0.260 e. The standard InChI is InChI=1S/C31H29ClN6O2/c1-19-5-3-4-6-22(19)18-38-29-23(17-35-31(37-29)36-24-9-13-40-14-10-24)15-26(30(38)39)25-8-7-21(16-27(25)32)28-20(2)33-11-12-34-28/h3-8,11-12,15-17,24H,9-10,13-14,18H2,1-2H3,(H,35,36,37). The summed E-state index contributed by atoms with van der Waals surface area (Å²) in [6.07, 6.45) is 6.86. The molecular formula is C31H29ClN6O2. The third-order valence-electron chi connectivity index (χ3n) is 7.39. The van der Waals surface area contributed by atoms with Crippen LogP contribution in [0.5, 0.6) is 0 Å². The van der Waals surface area contributed by atoms with Crippen molar-refractivity contribution in [1.82, 2.24) is 24.5 Å². The van der Waals surface area contributed by atoms with Gasteiger partial charge in [0.25, 0.3) is 5.56 Å². The van der Waals surface area contributed by atoms with Crippen LogP contribution in [0, 0.1) is 13.8 Å². The Labute approximate surface area is 237 Å². The highest BCUT2D eigenvalue weighted by Gasteiger charge is 2.19. The van der Waals surface area contributed by atoms with Crippen molar-refractivity contribution in [2.45, 2.75) is 39.3 Å². The van der Waals surface area contributed by atoms with Gasteiger partial charge in [-0.05, 0) is 49.9 Å². The molecule has 0 atom stereocenters. The average Bonchev–Trinajstić information content (AvgIpc) is 2.96. The second-order valence-corrected chi connectivity index (χ2v) is 10.5. The molecule has 1 N–H and O–H groups in total. The number of aromatic nitrogens is 5. The third-order valence-corrected chi connectivity index (χ3v) is 7.70. The van der Waals surface area contributed by atoms with Crippen molar-refractivity contribution in [3.8, 4) is 22.4 Å². The Morgan fingerprint density at radius 2 is 1.80 bits per heavy atom. The number of hydrogen-bond donors (Lipinski definition) is 1. The van der Waals surface area contributed by atoms with Gasteiger partial charge in [-0.15, -0.1) is 0 Å². The monoisotopic (exact) mass is 552 g/mol. The van der Waals surface area contributed by atoms with E-state index in [0.717, 1.165) is 46.3 Å². The lowest BCUT2D eigenvalue weighted by atomic mass is 10.0. The minimum atomic E-state index is -0.170. The number of fused-ring (bicyclic) bond motifs is 1. The maximum absolute atomic E-state index is 14.1. The minimum Gasteiger partial charge on any atom is -0.381 e. The molecule has 0 unspecified atom stereocenters. The van der Waals surface area contributed by atoms with Crippen LogP contribution in [-0.4, -0.2) is 43.8 Å². The molecule has 9 heteroatoms. The van der Waals surface area contributed by atoms with Gasteiger partial charge in [-0.3, -0.25) is 19.3 Å². The lowest BCUT2D eigenvalue weighted by Crippen LogP contribution is -2.29. The Morgan fingerprint density at radius 1 is 1.00 bits per heavy atom. The highest BCUT2D eigenvalue weighted by Crippen LogP contribution is 2.32. The summed E-state index contributed by atoms with van der Waals surface area (Å²) in [4.78, 5) is 32.4. The summed E-state index contributed by atoms with van der Waals surface area (Å²) in [5, 5.41) is 4.64. The fourth-order valence-electron chi connectivity index (χ4n) is 5.12. The van der Waals surface area contributed by atoms with Crippen molar-refractivity contribution in [2.24, 2.45) is 0 Å². The summed E-state index contributed by atoms with van der Waals surface area (Å²) in [6.45, 7) is 5.75. The molecular weight excluding hydrogens is 524 g/mol. The lowest BCUT2D eigenvalue weighted by molar-refractivity contribution is 0.0903. The Hall–Kier alpha value is -4.14. The van der Waals surface area contributed by atoms with Crippen LogP contribution >= 0.6 is 11.6 Å². The van der Waals surface area contributed by atoms with E-state index in [1.165, 1.54) is 0 Å². The van der Waals surface area contributed by atoms with Crippen LogP contribution in [0.25, 0.3) is 33.4 Å². The molecule has 0 spiro atoms. The molecule has 2 aromatic carbocycles. The molecule has 1 fully saturated rings. The number of hydrogen-bond acceptors (Lipinski definition) is 7. The number of rotatable bonds is 6.